The van der Waals surface area contributed by atoms with Crippen LogP contribution >= 0.6 is 0 Å². The van der Waals surface area contributed by atoms with Crippen LogP contribution in [0.3, 0.4) is 0 Å². The zero-order valence-corrected chi connectivity index (χ0v) is 11.0. The van der Waals surface area contributed by atoms with E-state index in [-0.39, 0.29) is 0 Å². The van der Waals surface area contributed by atoms with Crippen molar-refractivity contribution in [2.45, 2.75) is 13.3 Å². The van der Waals surface area contributed by atoms with E-state index in [1.54, 1.807) is 0 Å². The van der Waals surface area contributed by atoms with Gasteiger partial charge in [-0.3, -0.25) is 0 Å². The van der Waals surface area contributed by atoms with Crippen LogP contribution in [0.4, 0.5) is 5.69 Å². The van der Waals surface area contributed by atoms with Crippen molar-refractivity contribution in [1.82, 2.24) is 0 Å². The molecule has 0 atom stereocenters. The number of benzene rings is 2. The van der Waals surface area contributed by atoms with Crippen LogP contribution in [0.1, 0.15) is 23.6 Å². The van der Waals surface area contributed by atoms with Crippen LogP contribution in [0.25, 0.3) is 12.2 Å². The van der Waals surface area contributed by atoms with Crippen molar-refractivity contribution in [3.63, 3.8) is 0 Å². The van der Waals surface area contributed by atoms with Crippen LogP contribution in [0.2, 0.25) is 0 Å². The highest BCUT2D eigenvalue weighted by molar-refractivity contribution is 5.77. The third-order valence-electron chi connectivity index (χ3n) is 3.11. The summed E-state index contributed by atoms with van der Waals surface area (Å²) in [6.07, 6.45) is 5.42. The smallest absolute Gasteiger partial charge is 0.0411 e. The van der Waals surface area contributed by atoms with E-state index in [0.717, 1.165) is 12.1 Å². The third-order valence-corrected chi connectivity index (χ3v) is 3.11. The van der Waals surface area contributed by atoms with Crippen molar-refractivity contribution in [3.8, 4) is 0 Å². The third kappa shape index (κ3) is 2.80. The van der Waals surface area contributed by atoms with E-state index < -0.39 is 0 Å². The fourth-order valence-electron chi connectivity index (χ4n) is 2.07. The lowest BCUT2D eigenvalue weighted by atomic mass is 10.0. The fourth-order valence-corrected chi connectivity index (χ4v) is 2.07. The minimum atomic E-state index is 1.06. The van der Waals surface area contributed by atoms with Gasteiger partial charge in [0.15, 0.2) is 0 Å². The van der Waals surface area contributed by atoms with Gasteiger partial charge in [-0.05, 0) is 29.2 Å². The minimum absolute atomic E-state index is 1.06. The zero-order valence-electron chi connectivity index (χ0n) is 11.0. The molecule has 1 nitrogen and oxygen atoms in total. The topological polar surface area (TPSA) is 12.0 Å². The molecule has 0 aliphatic heterocycles. The average molecular weight is 237 g/mol. The molecule has 1 N–H and O–H groups in total. The van der Waals surface area contributed by atoms with Crippen molar-refractivity contribution < 1.29 is 0 Å². The molecule has 92 valence electrons. The lowest BCUT2D eigenvalue weighted by Crippen LogP contribution is -1.90. The van der Waals surface area contributed by atoms with E-state index in [4.69, 9.17) is 0 Å². The van der Waals surface area contributed by atoms with Crippen LogP contribution in [-0.2, 0) is 6.42 Å². The standard InChI is InChI=1S/C17H19N/c1-3-14-8-4-5-9-15(14)12-13-16-10-6-7-11-17(16)18-2/h4-13,18H,3H2,1-2H3/b13-12-. The molecule has 0 aromatic heterocycles. The molecular formula is C17H19N. The molecule has 0 spiro atoms. The van der Waals surface area contributed by atoms with Gasteiger partial charge in [0, 0.05) is 12.7 Å². The molecule has 0 fully saturated rings. The van der Waals surface area contributed by atoms with E-state index in [1.807, 2.05) is 13.1 Å². The van der Waals surface area contributed by atoms with E-state index >= 15 is 0 Å². The van der Waals surface area contributed by atoms with Gasteiger partial charge in [0.05, 0.1) is 0 Å². The molecule has 18 heavy (non-hydrogen) atoms. The van der Waals surface area contributed by atoms with Gasteiger partial charge in [-0.25, -0.2) is 0 Å². The largest absolute Gasteiger partial charge is 0.388 e. The van der Waals surface area contributed by atoms with Crippen molar-refractivity contribution in [3.05, 3.63) is 65.2 Å². The van der Waals surface area contributed by atoms with E-state index in [1.165, 1.54) is 16.7 Å². The number of anilines is 1. The Hall–Kier alpha value is -2.02. The fraction of sp³-hybridized carbons (Fsp3) is 0.176. The normalized spacial score (nSPS) is 10.8. The van der Waals surface area contributed by atoms with Gasteiger partial charge in [0.2, 0.25) is 0 Å². The number of para-hydroxylation sites is 1. The molecule has 0 aliphatic carbocycles. The summed E-state index contributed by atoms with van der Waals surface area (Å²) in [7, 11) is 1.95. The van der Waals surface area contributed by atoms with Gasteiger partial charge in [0.1, 0.15) is 0 Å². The number of nitrogens with one attached hydrogen (secondary N) is 1. The summed E-state index contributed by atoms with van der Waals surface area (Å²) in [6, 6.07) is 16.8. The number of hydrogen-bond donors (Lipinski definition) is 1. The van der Waals surface area contributed by atoms with Gasteiger partial charge < -0.3 is 5.32 Å². The maximum Gasteiger partial charge on any atom is 0.0411 e. The van der Waals surface area contributed by atoms with Gasteiger partial charge in [-0.2, -0.15) is 0 Å². The maximum atomic E-state index is 3.21. The van der Waals surface area contributed by atoms with Crippen LogP contribution in [0.5, 0.6) is 0 Å². The Morgan fingerprint density at radius 2 is 1.50 bits per heavy atom. The molecule has 2 aromatic carbocycles. The molecule has 0 amide bonds. The highest BCUT2D eigenvalue weighted by Crippen LogP contribution is 2.19. The molecular weight excluding hydrogens is 218 g/mol. The summed E-state index contributed by atoms with van der Waals surface area (Å²) < 4.78 is 0. The second-order valence-electron chi connectivity index (χ2n) is 4.22. The van der Waals surface area contributed by atoms with E-state index in [0.29, 0.717) is 0 Å². The maximum absolute atomic E-state index is 3.21. The molecule has 0 radical (unpaired) electrons. The molecule has 0 saturated carbocycles. The number of hydrogen-bond acceptors (Lipinski definition) is 1. The van der Waals surface area contributed by atoms with Crippen LogP contribution in [0.15, 0.2) is 48.5 Å². The summed E-state index contributed by atoms with van der Waals surface area (Å²) >= 11 is 0. The Balaban J connectivity index is 2.30. The van der Waals surface area contributed by atoms with Crippen molar-refractivity contribution in [2.24, 2.45) is 0 Å². The number of aryl methyl sites for hydroxylation is 1. The first-order valence-corrected chi connectivity index (χ1v) is 6.38. The predicted molar refractivity (Wildman–Crippen MR) is 80.7 cm³/mol. The summed E-state index contributed by atoms with van der Waals surface area (Å²) in [5, 5.41) is 3.21. The Bertz CT molecular complexity index is 491. The molecule has 0 unspecified atom stereocenters. The Morgan fingerprint density at radius 3 is 2.22 bits per heavy atom. The first kappa shape index (κ1) is 12.4. The Morgan fingerprint density at radius 1 is 0.889 bits per heavy atom. The van der Waals surface area contributed by atoms with Gasteiger partial charge in [-0.1, -0.05) is 61.5 Å². The molecule has 0 aliphatic rings. The SMILES string of the molecule is CCc1ccccc1/C=C\c1ccccc1NC. The van der Waals surface area contributed by atoms with Crippen molar-refractivity contribution in [2.75, 3.05) is 12.4 Å². The Kier molecular flexibility index (Phi) is 4.19. The second-order valence-corrected chi connectivity index (χ2v) is 4.22. The monoisotopic (exact) mass is 237 g/mol. The highest BCUT2D eigenvalue weighted by Gasteiger charge is 1.97. The molecule has 2 aromatic rings. The van der Waals surface area contributed by atoms with E-state index in [9.17, 15) is 0 Å². The summed E-state index contributed by atoms with van der Waals surface area (Å²) in [6.45, 7) is 2.19. The van der Waals surface area contributed by atoms with Gasteiger partial charge >= 0.3 is 0 Å². The lowest BCUT2D eigenvalue weighted by Gasteiger charge is -2.05. The first-order chi connectivity index (χ1) is 8.85. The predicted octanol–water partition coefficient (Wildman–Crippen LogP) is 4.46. The average Bonchev–Trinajstić information content (AvgIpc) is 2.45. The second kappa shape index (κ2) is 6.06. The molecule has 1 heteroatoms. The molecule has 0 heterocycles. The molecule has 2 rings (SSSR count). The van der Waals surface area contributed by atoms with Gasteiger partial charge in [0.25, 0.3) is 0 Å². The molecule has 0 saturated heterocycles. The summed E-state index contributed by atoms with van der Waals surface area (Å²) in [4.78, 5) is 0. The minimum Gasteiger partial charge on any atom is -0.388 e. The summed E-state index contributed by atoms with van der Waals surface area (Å²) in [5.74, 6) is 0. The van der Waals surface area contributed by atoms with Gasteiger partial charge in [-0.15, -0.1) is 0 Å². The quantitative estimate of drug-likeness (QED) is 0.774. The highest BCUT2D eigenvalue weighted by atomic mass is 14.8. The zero-order chi connectivity index (χ0) is 12.8. The van der Waals surface area contributed by atoms with Crippen molar-refractivity contribution in [1.29, 1.82) is 0 Å². The number of rotatable bonds is 4. The van der Waals surface area contributed by atoms with Crippen LogP contribution in [0, 0.1) is 0 Å². The van der Waals surface area contributed by atoms with Crippen LogP contribution < -0.4 is 5.32 Å². The van der Waals surface area contributed by atoms with E-state index in [2.05, 4.69) is 66.9 Å². The summed E-state index contributed by atoms with van der Waals surface area (Å²) in [5.41, 5.74) is 5.05. The Labute approximate surface area is 109 Å². The van der Waals surface area contributed by atoms with Crippen LogP contribution in [-0.4, -0.2) is 7.05 Å². The molecule has 0 bridgehead atoms. The lowest BCUT2D eigenvalue weighted by molar-refractivity contribution is 1.13. The first-order valence-electron chi connectivity index (χ1n) is 6.38. The van der Waals surface area contributed by atoms with Crippen molar-refractivity contribution >= 4 is 17.8 Å².